The number of hydrogen-bond donors (Lipinski definition) is 2. The summed E-state index contributed by atoms with van der Waals surface area (Å²) in [6, 6.07) is 3.45. The molecule has 1 aromatic rings. The molecule has 1 aliphatic rings. The predicted molar refractivity (Wildman–Crippen MR) is 56.5 cm³/mol. The highest BCUT2D eigenvalue weighted by Gasteiger charge is 2.51. The van der Waals surface area contributed by atoms with Crippen LogP contribution >= 0.6 is 15.9 Å². The van der Waals surface area contributed by atoms with Gasteiger partial charge >= 0.3 is 5.97 Å². The number of aliphatic hydroxyl groups is 1. The molecule has 1 aromatic heterocycles. The van der Waals surface area contributed by atoms with Gasteiger partial charge in [0.05, 0.1) is 11.5 Å². The lowest BCUT2D eigenvalue weighted by molar-refractivity contribution is -0.152. The number of carbonyl (C=O) groups is 1. The fourth-order valence-corrected chi connectivity index (χ4v) is 2.17. The molecule has 2 N–H and O–H groups in total. The van der Waals surface area contributed by atoms with Gasteiger partial charge in [0.25, 0.3) is 0 Å². The molecule has 0 atom stereocenters. The van der Waals surface area contributed by atoms with E-state index in [1.807, 2.05) is 0 Å². The summed E-state index contributed by atoms with van der Waals surface area (Å²) in [7, 11) is 0. The van der Waals surface area contributed by atoms with Crippen molar-refractivity contribution in [2.24, 2.45) is 0 Å². The Morgan fingerprint density at radius 3 is 2.60 bits per heavy atom. The fraction of sp³-hybridized carbons (Fsp3) is 0.400. The lowest BCUT2D eigenvalue weighted by Crippen LogP contribution is -2.50. The van der Waals surface area contributed by atoms with E-state index in [0.29, 0.717) is 10.2 Å². The second kappa shape index (κ2) is 3.57. The maximum Gasteiger partial charge on any atom is 0.314 e. The smallest absolute Gasteiger partial charge is 0.314 e. The third kappa shape index (κ3) is 1.66. The first kappa shape index (κ1) is 10.6. The molecule has 0 unspecified atom stereocenters. The molecule has 0 saturated heterocycles. The van der Waals surface area contributed by atoms with Crippen molar-refractivity contribution < 1.29 is 15.0 Å². The van der Waals surface area contributed by atoms with Crippen LogP contribution in [-0.2, 0) is 10.2 Å². The lowest BCUT2D eigenvalue weighted by atomic mass is 9.63. The number of nitrogens with zero attached hydrogens (tertiary/aromatic N) is 1. The Hall–Kier alpha value is -0.940. The van der Waals surface area contributed by atoms with Crippen LogP contribution in [0.5, 0.6) is 0 Å². The van der Waals surface area contributed by atoms with Crippen LogP contribution in [0, 0.1) is 0 Å². The second-order valence-electron chi connectivity index (χ2n) is 3.82. The quantitative estimate of drug-likeness (QED) is 0.796. The molecule has 0 radical (unpaired) electrons. The zero-order chi connectivity index (χ0) is 11.1. The Labute approximate surface area is 95.1 Å². The minimum atomic E-state index is -0.937. The van der Waals surface area contributed by atoms with E-state index in [0.717, 1.165) is 0 Å². The van der Waals surface area contributed by atoms with E-state index in [1.54, 1.807) is 18.3 Å². The Balaban J connectivity index is 2.34. The zero-order valence-electron chi connectivity index (χ0n) is 7.85. The van der Waals surface area contributed by atoms with E-state index in [1.165, 1.54) is 0 Å². The molecule has 15 heavy (non-hydrogen) atoms. The highest BCUT2D eigenvalue weighted by Crippen LogP contribution is 2.44. The Morgan fingerprint density at radius 2 is 2.20 bits per heavy atom. The average molecular weight is 272 g/mol. The van der Waals surface area contributed by atoms with Crippen LogP contribution in [-0.4, -0.2) is 27.3 Å². The van der Waals surface area contributed by atoms with Crippen LogP contribution < -0.4 is 0 Å². The van der Waals surface area contributed by atoms with Gasteiger partial charge in [0.15, 0.2) is 0 Å². The summed E-state index contributed by atoms with van der Waals surface area (Å²) in [5, 5.41) is 18.4. The zero-order valence-corrected chi connectivity index (χ0v) is 9.44. The molecule has 2 rings (SSSR count). The highest BCUT2D eigenvalue weighted by molar-refractivity contribution is 9.10. The molecular weight excluding hydrogens is 262 g/mol. The molecule has 1 heterocycles. The van der Waals surface area contributed by atoms with Gasteiger partial charge in [-0.25, -0.2) is 4.98 Å². The maximum atomic E-state index is 11.2. The number of rotatable bonds is 2. The van der Waals surface area contributed by atoms with Crippen molar-refractivity contribution in [3.8, 4) is 0 Å². The van der Waals surface area contributed by atoms with Crippen molar-refractivity contribution in [2.45, 2.75) is 24.4 Å². The summed E-state index contributed by atoms with van der Waals surface area (Å²) >= 11 is 3.19. The molecule has 0 bridgehead atoms. The van der Waals surface area contributed by atoms with E-state index in [2.05, 4.69) is 20.9 Å². The third-order valence-corrected chi connectivity index (χ3v) is 3.33. The monoisotopic (exact) mass is 271 g/mol. The number of aliphatic hydroxyl groups excluding tert-OH is 1. The minimum absolute atomic E-state index is 0.269. The number of aliphatic carboxylic acids is 1. The highest BCUT2D eigenvalue weighted by atomic mass is 79.9. The summed E-state index contributed by atoms with van der Waals surface area (Å²) in [5.41, 5.74) is -0.281. The Bertz CT molecular complexity index is 384. The normalized spacial score (nSPS) is 29.6. The van der Waals surface area contributed by atoms with Gasteiger partial charge in [0.2, 0.25) is 0 Å². The van der Waals surface area contributed by atoms with E-state index in [-0.39, 0.29) is 12.8 Å². The molecule has 1 fully saturated rings. The summed E-state index contributed by atoms with van der Waals surface area (Å²) in [4.78, 5) is 15.2. The van der Waals surface area contributed by atoms with Crippen LogP contribution in [0.3, 0.4) is 0 Å². The minimum Gasteiger partial charge on any atom is -0.481 e. The SMILES string of the molecule is O=C(O)C1(c2ccc(Br)nc2)CC(O)C1. The van der Waals surface area contributed by atoms with Gasteiger partial charge in [0, 0.05) is 6.20 Å². The van der Waals surface area contributed by atoms with Crippen LogP contribution in [0.1, 0.15) is 18.4 Å². The van der Waals surface area contributed by atoms with Crippen molar-refractivity contribution in [3.63, 3.8) is 0 Å². The molecular formula is C10H10BrNO3. The number of pyridine rings is 1. The molecule has 1 saturated carbocycles. The molecule has 5 heteroatoms. The average Bonchev–Trinajstić information content (AvgIpc) is 2.13. The van der Waals surface area contributed by atoms with Crippen molar-refractivity contribution in [1.29, 1.82) is 0 Å². The van der Waals surface area contributed by atoms with Crippen LogP contribution in [0.25, 0.3) is 0 Å². The molecule has 0 spiro atoms. The van der Waals surface area contributed by atoms with Crippen molar-refractivity contribution in [3.05, 3.63) is 28.5 Å². The van der Waals surface area contributed by atoms with Crippen LogP contribution in [0.4, 0.5) is 0 Å². The van der Waals surface area contributed by atoms with E-state index in [9.17, 15) is 15.0 Å². The molecule has 4 nitrogen and oxygen atoms in total. The number of halogens is 1. The molecule has 0 amide bonds. The van der Waals surface area contributed by atoms with Crippen molar-refractivity contribution >= 4 is 21.9 Å². The van der Waals surface area contributed by atoms with Gasteiger partial charge in [-0.15, -0.1) is 0 Å². The van der Waals surface area contributed by atoms with Crippen LogP contribution in [0.2, 0.25) is 0 Å². The molecule has 0 aromatic carbocycles. The predicted octanol–water partition coefficient (Wildman–Crippen LogP) is 1.32. The molecule has 80 valence electrons. The lowest BCUT2D eigenvalue weighted by Gasteiger charge is -2.41. The first-order valence-electron chi connectivity index (χ1n) is 4.58. The van der Waals surface area contributed by atoms with Gasteiger partial charge in [-0.1, -0.05) is 6.07 Å². The largest absolute Gasteiger partial charge is 0.481 e. The second-order valence-corrected chi connectivity index (χ2v) is 4.63. The van der Waals surface area contributed by atoms with Crippen molar-refractivity contribution in [1.82, 2.24) is 4.98 Å². The number of carboxylic acids is 1. The Kier molecular flexibility index (Phi) is 2.52. The number of aromatic nitrogens is 1. The van der Waals surface area contributed by atoms with E-state index in [4.69, 9.17) is 0 Å². The van der Waals surface area contributed by atoms with Gasteiger partial charge in [-0.2, -0.15) is 0 Å². The summed E-state index contributed by atoms with van der Waals surface area (Å²) in [6.45, 7) is 0. The summed E-state index contributed by atoms with van der Waals surface area (Å²) < 4.78 is 0.673. The number of carboxylic acid groups (broad SMARTS) is 1. The third-order valence-electron chi connectivity index (χ3n) is 2.86. The maximum absolute atomic E-state index is 11.2. The van der Waals surface area contributed by atoms with E-state index < -0.39 is 17.5 Å². The van der Waals surface area contributed by atoms with Crippen molar-refractivity contribution in [2.75, 3.05) is 0 Å². The molecule has 1 aliphatic carbocycles. The van der Waals surface area contributed by atoms with Crippen LogP contribution in [0.15, 0.2) is 22.9 Å². The molecule has 0 aliphatic heterocycles. The topological polar surface area (TPSA) is 70.4 Å². The van der Waals surface area contributed by atoms with Gasteiger partial charge in [0.1, 0.15) is 4.60 Å². The first-order chi connectivity index (χ1) is 7.04. The van der Waals surface area contributed by atoms with E-state index >= 15 is 0 Å². The summed E-state index contributed by atoms with van der Waals surface area (Å²) in [5.74, 6) is -0.892. The number of hydrogen-bond acceptors (Lipinski definition) is 3. The van der Waals surface area contributed by atoms with Gasteiger partial charge in [-0.05, 0) is 40.4 Å². The van der Waals surface area contributed by atoms with Gasteiger partial charge in [-0.3, -0.25) is 4.79 Å². The first-order valence-corrected chi connectivity index (χ1v) is 5.37. The fourth-order valence-electron chi connectivity index (χ4n) is 1.94. The summed E-state index contributed by atoms with van der Waals surface area (Å²) in [6.07, 6.45) is 1.58. The Morgan fingerprint density at radius 1 is 1.53 bits per heavy atom. The standard InChI is InChI=1S/C10H10BrNO3/c11-8-2-1-6(5-12-8)10(9(14)15)3-7(13)4-10/h1-2,5,7,13H,3-4H2,(H,14,15). The van der Waals surface area contributed by atoms with Gasteiger partial charge < -0.3 is 10.2 Å².